The number of aliphatic hydroxyl groups excluding tert-OH is 1. The minimum atomic E-state index is 0.204. The van der Waals surface area contributed by atoms with Crippen LogP contribution in [0.4, 0.5) is 0 Å². The third kappa shape index (κ3) is 3.46. The Bertz CT molecular complexity index is 287. The van der Waals surface area contributed by atoms with Crippen molar-refractivity contribution in [2.45, 2.75) is 57.4 Å². The summed E-state index contributed by atoms with van der Waals surface area (Å²) in [5.74, 6) is 1.30. The van der Waals surface area contributed by atoms with E-state index in [-0.39, 0.29) is 5.92 Å². The highest BCUT2D eigenvalue weighted by Crippen LogP contribution is 2.30. The predicted molar refractivity (Wildman–Crippen MR) is 71.9 cm³/mol. The lowest BCUT2D eigenvalue weighted by atomic mass is 9.79. The summed E-state index contributed by atoms with van der Waals surface area (Å²) in [6, 6.07) is 2.85. The quantitative estimate of drug-likeness (QED) is 0.806. The lowest BCUT2D eigenvalue weighted by molar-refractivity contribution is 0.127. The monoisotopic (exact) mass is 250 g/mol. The van der Waals surface area contributed by atoms with Crippen LogP contribution in [0.5, 0.6) is 0 Å². The van der Waals surface area contributed by atoms with Gasteiger partial charge in [-0.3, -0.25) is 0 Å². The van der Waals surface area contributed by atoms with Gasteiger partial charge in [0.15, 0.2) is 0 Å². The molecule has 102 valence electrons. The average molecular weight is 250 g/mol. The van der Waals surface area contributed by atoms with Crippen LogP contribution in [0.2, 0.25) is 0 Å². The van der Waals surface area contributed by atoms with Crippen molar-refractivity contribution in [3.63, 3.8) is 0 Å². The summed E-state index contributed by atoms with van der Waals surface area (Å²) in [7, 11) is 0. The minimum absolute atomic E-state index is 0.204. The van der Waals surface area contributed by atoms with E-state index in [0.717, 1.165) is 19.4 Å². The van der Waals surface area contributed by atoms with Crippen LogP contribution in [-0.2, 0) is 0 Å². The Hall–Kier alpha value is -0.590. The number of nitrogens with zero attached hydrogens (tertiary/aromatic N) is 1. The highest BCUT2D eigenvalue weighted by molar-refractivity contribution is 4.95. The van der Waals surface area contributed by atoms with Crippen LogP contribution in [0.15, 0.2) is 0 Å². The second-order valence-electron chi connectivity index (χ2n) is 6.02. The van der Waals surface area contributed by atoms with Gasteiger partial charge in [0.1, 0.15) is 0 Å². The Balaban J connectivity index is 1.80. The highest BCUT2D eigenvalue weighted by Gasteiger charge is 2.28. The van der Waals surface area contributed by atoms with Gasteiger partial charge in [-0.05, 0) is 44.1 Å². The molecule has 3 heteroatoms. The molecule has 0 amide bonds. The van der Waals surface area contributed by atoms with E-state index in [0.29, 0.717) is 24.5 Å². The van der Waals surface area contributed by atoms with E-state index in [4.69, 9.17) is 5.26 Å². The molecule has 2 N–H and O–H groups in total. The van der Waals surface area contributed by atoms with E-state index in [1.807, 2.05) is 0 Å². The molecule has 2 fully saturated rings. The van der Waals surface area contributed by atoms with E-state index in [2.05, 4.69) is 11.4 Å². The fourth-order valence-electron chi connectivity index (χ4n) is 3.63. The number of nitrogens with one attached hydrogen (secondary N) is 1. The molecular formula is C15H26N2O. The third-order valence-corrected chi connectivity index (χ3v) is 4.88. The van der Waals surface area contributed by atoms with Crippen LogP contribution in [0.3, 0.4) is 0 Å². The number of aliphatic hydroxyl groups is 1. The summed E-state index contributed by atoms with van der Waals surface area (Å²) in [4.78, 5) is 0. The van der Waals surface area contributed by atoms with Crippen molar-refractivity contribution < 1.29 is 5.11 Å². The molecule has 0 aliphatic heterocycles. The summed E-state index contributed by atoms with van der Waals surface area (Å²) in [5, 5.41) is 22.2. The van der Waals surface area contributed by atoms with Gasteiger partial charge in [0.05, 0.1) is 12.0 Å². The van der Waals surface area contributed by atoms with E-state index in [1.165, 1.54) is 38.5 Å². The van der Waals surface area contributed by atoms with Gasteiger partial charge in [-0.15, -0.1) is 0 Å². The molecule has 18 heavy (non-hydrogen) atoms. The Morgan fingerprint density at radius 1 is 1.00 bits per heavy atom. The van der Waals surface area contributed by atoms with E-state index < -0.39 is 0 Å². The van der Waals surface area contributed by atoms with Crippen LogP contribution in [0.1, 0.15) is 51.4 Å². The van der Waals surface area contributed by atoms with Gasteiger partial charge in [0.25, 0.3) is 0 Å². The molecular weight excluding hydrogens is 224 g/mol. The first-order valence-electron chi connectivity index (χ1n) is 7.59. The van der Waals surface area contributed by atoms with Crippen molar-refractivity contribution in [1.29, 1.82) is 5.26 Å². The van der Waals surface area contributed by atoms with Crippen molar-refractivity contribution in [2.24, 2.45) is 17.8 Å². The van der Waals surface area contributed by atoms with Crippen LogP contribution in [0, 0.1) is 29.1 Å². The maximum Gasteiger partial charge on any atom is 0.0672 e. The molecule has 0 heterocycles. The number of hydrogen-bond acceptors (Lipinski definition) is 3. The van der Waals surface area contributed by atoms with Gasteiger partial charge >= 0.3 is 0 Å². The Morgan fingerprint density at radius 3 is 2.39 bits per heavy atom. The summed E-state index contributed by atoms with van der Waals surface area (Å²) < 4.78 is 0. The van der Waals surface area contributed by atoms with Crippen molar-refractivity contribution in [3.8, 4) is 6.07 Å². The van der Waals surface area contributed by atoms with Crippen LogP contribution in [0.25, 0.3) is 0 Å². The molecule has 2 aliphatic carbocycles. The SMILES string of the molecule is N#CC1CCCCC1NCC1CCCCC1CO. The largest absolute Gasteiger partial charge is 0.396 e. The Kier molecular flexibility index (Phi) is 5.46. The standard InChI is InChI=1S/C15H26N2O/c16-9-12-5-3-4-8-15(12)17-10-13-6-1-2-7-14(13)11-18/h12-15,17-18H,1-8,10-11H2. The molecule has 3 nitrogen and oxygen atoms in total. The fourth-order valence-corrected chi connectivity index (χ4v) is 3.63. The molecule has 0 aromatic rings. The smallest absolute Gasteiger partial charge is 0.0672 e. The van der Waals surface area contributed by atoms with Crippen molar-refractivity contribution >= 4 is 0 Å². The highest BCUT2D eigenvalue weighted by atomic mass is 16.3. The van der Waals surface area contributed by atoms with Gasteiger partial charge in [-0.2, -0.15) is 5.26 Å². The topological polar surface area (TPSA) is 56.0 Å². The number of hydrogen-bond donors (Lipinski definition) is 2. The lowest BCUT2D eigenvalue weighted by Crippen LogP contribution is -2.42. The molecule has 2 rings (SSSR count). The maximum absolute atomic E-state index is 9.42. The molecule has 4 atom stereocenters. The lowest BCUT2D eigenvalue weighted by Gasteiger charge is -2.34. The first-order chi connectivity index (χ1) is 8.85. The summed E-state index contributed by atoms with van der Waals surface area (Å²) in [6.45, 7) is 1.33. The van der Waals surface area contributed by atoms with Gasteiger partial charge in [0.2, 0.25) is 0 Å². The van der Waals surface area contributed by atoms with E-state index >= 15 is 0 Å². The molecule has 0 saturated heterocycles. The molecule has 0 radical (unpaired) electrons. The number of rotatable bonds is 4. The van der Waals surface area contributed by atoms with Crippen LogP contribution in [-0.4, -0.2) is 24.3 Å². The second-order valence-corrected chi connectivity index (χ2v) is 6.02. The molecule has 4 unspecified atom stereocenters. The third-order valence-electron chi connectivity index (χ3n) is 4.88. The molecule has 0 bridgehead atoms. The minimum Gasteiger partial charge on any atom is -0.396 e. The zero-order chi connectivity index (χ0) is 12.8. The number of nitriles is 1. The zero-order valence-corrected chi connectivity index (χ0v) is 11.3. The normalized spacial score (nSPS) is 37.1. The van der Waals surface area contributed by atoms with Gasteiger partial charge in [-0.1, -0.05) is 25.7 Å². The van der Waals surface area contributed by atoms with Gasteiger partial charge < -0.3 is 10.4 Å². The van der Waals surface area contributed by atoms with Crippen LogP contribution < -0.4 is 5.32 Å². The van der Waals surface area contributed by atoms with Crippen molar-refractivity contribution in [3.05, 3.63) is 0 Å². The predicted octanol–water partition coefficient (Wildman–Crippen LogP) is 2.46. The average Bonchev–Trinajstić information content (AvgIpc) is 2.45. The Labute approximate surface area is 111 Å². The zero-order valence-electron chi connectivity index (χ0n) is 11.3. The summed E-state index contributed by atoms with van der Waals surface area (Å²) in [6.07, 6.45) is 9.65. The molecule has 2 saturated carbocycles. The fraction of sp³-hybridized carbons (Fsp3) is 0.933. The van der Waals surface area contributed by atoms with Crippen molar-refractivity contribution in [2.75, 3.05) is 13.2 Å². The first kappa shape index (κ1) is 13.8. The Morgan fingerprint density at radius 2 is 1.67 bits per heavy atom. The molecule has 2 aliphatic rings. The summed E-state index contributed by atoms with van der Waals surface area (Å²) >= 11 is 0. The van der Waals surface area contributed by atoms with E-state index in [1.54, 1.807) is 0 Å². The van der Waals surface area contributed by atoms with Gasteiger partial charge in [-0.25, -0.2) is 0 Å². The van der Waals surface area contributed by atoms with E-state index in [9.17, 15) is 5.11 Å². The molecule has 0 spiro atoms. The molecule has 0 aromatic carbocycles. The van der Waals surface area contributed by atoms with Gasteiger partial charge in [0, 0.05) is 12.6 Å². The maximum atomic E-state index is 9.42. The summed E-state index contributed by atoms with van der Waals surface area (Å²) in [5.41, 5.74) is 0. The van der Waals surface area contributed by atoms with Crippen LogP contribution >= 0.6 is 0 Å². The molecule has 0 aromatic heterocycles. The van der Waals surface area contributed by atoms with Crippen molar-refractivity contribution in [1.82, 2.24) is 5.32 Å². The second kappa shape index (κ2) is 7.11. The first-order valence-corrected chi connectivity index (χ1v) is 7.59.